The van der Waals surface area contributed by atoms with Gasteiger partial charge in [-0.1, -0.05) is 29.3 Å². The van der Waals surface area contributed by atoms with E-state index in [0.717, 1.165) is 17.2 Å². The number of hydrogen-bond donors (Lipinski definition) is 1. The van der Waals surface area contributed by atoms with Crippen LogP contribution in [0, 0.1) is 24.0 Å². The van der Waals surface area contributed by atoms with E-state index in [0.29, 0.717) is 35.9 Å². The summed E-state index contributed by atoms with van der Waals surface area (Å²) < 4.78 is 33.1. The summed E-state index contributed by atoms with van der Waals surface area (Å²) in [6.07, 6.45) is 6.98. The van der Waals surface area contributed by atoms with Gasteiger partial charge in [-0.3, -0.25) is 5.01 Å². The molecule has 0 atom stereocenters. The third kappa shape index (κ3) is 3.57. The molecule has 0 bridgehead atoms. The second-order valence-corrected chi connectivity index (χ2v) is 7.01. The molecule has 0 spiro atoms. The summed E-state index contributed by atoms with van der Waals surface area (Å²) in [6.45, 7) is 0.758. The van der Waals surface area contributed by atoms with Crippen molar-refractivity contribution >= 4 is 6.21 Å². The van der Waals surface area contributed by atoms with Crippen molar-refractivity contribution in [1.29, 1.82) is 0 Å². The minimum Gasteiger partial charge on any atom is -0.359 e. The van der Waals surface area contributed by atoms with E-state index < -0.39 is 11.6 Å². The van der Waals surface area contributed by atoms with E-state index >= 15 is 0 Å². The van der Waals surface area contributed by atoms with E-state index in [2.05, 4.69) is 26.1 Å². The lowest BCUT2D eigenvalue weighted by Crippen LogP contribution is -2.21. The lowest BCUT2D eigenvalue weighted by Gasteiger charge is -2.19. The first kappa shape index (κ1) is 18.8. The molecule has 0 saturated heterocycles. The molecule has 1 aliphatic rings. The third-order valence-electron chi connectivity index (χ3n) is 4.94. The van der Waals surface area contributed by atoms with Crippen molar-refractivity contribution in [2.45, 2.75) is 13.1 Å². The second kappa shape index (κ2) is 7.54. The van der Waals surface area contributed by atoms with Gasteiger partial charge in [-0.2, -0.15) is 5.10 Å². The molecule has 2 aromatic carbocycles. The molecule has 0 amide bonds. The van der Waals surface area contributed by atoms with Crippen molar-refractivity contribution in [1.82, 2.24) is 20.1 Å². The lowest BCUT2D eigenvalue weighted by atomic mass is 10.1. The number of aromatic amines is 1. The summed E-state index contributed by atoms with van der Waals surface area (Å²) >= 11 is 0. The zero-order chi connectivity index (χ0) is 21.4. The van der Waals surface area contributed by atoms with Crippen LogP contribution in [0.3, 0.4) is 0 Å². The van der Waals surface area contributed by atoms with Crippen LogP contribution < -0.4 is 0 Å². The maximum Gasteiger partial charge on any atom is 0.169 e. The average Bonchev–Trinajstić information content (AvgIpc) is 3.42. The van der Waals surface area contributed by atoms with Gasteiger partial charge in [0.1, 0.15) is 11.5 Å². The Bertz CT molecular complexity index is 1330. The van der Waals surface area contributed by atoms with Crippen molar-refractivity contribution in [3.63, 3.8) is 0 Å². The summed E-state index contributed by atoms with van der Waals surface area (Å²) in [4.78, 5) is 7.42. The van der Waals surface area contributed by atoms with Crippen LogP contribution in [0.5, 0.6) is 0 Å². The second-order valence-electron chi connectivity index (χ2n) is 7.01. The molecular formula is C23H15F2N5O. The van der Waals surface area contributed by atoms with Gasteiger partial charge >= 0.3 is 0 Å². The quantitative estimate of drug-likeness (QED) is 0.504. The molecule has 0 unspecified atom stereocenters. The normalized spacial score (nSPS) is 12.6. The van der Waals surface area contributed by atoms with Crippen LogP contribution in [0.4, 0.5) is 8.78 Å². The minimum atomic E-state index is -0.938. The van der Waals surface area contributed by atoms with Gasteiger partial charge < -0.3 is 9.51 Å². The summed E-state index contributed by atoms with van der Waals surface area (Å²) in [6, 6.07) is 13.3. The zero-order valence-corrected chi connectivity index (χ0v) is 16.1. The van der Waals surface area contributed by atoms with Crippen LogP contribution in [-0.4, -0.2) is 26.3 Å². The monoisotopic (exact) mass is 415 g/mol. The Morgan fingerprint density at radius 3 is 2.81 bits per heavy atom. The number of terminal acetylenes is 1. The van der Waals surface area contributed by atoms with Gasteiger partial charge in [0.2, 0.25) is 0 Å². The number of hydrazone groups is 1. The van der Waals surface area contributed by atoms with Crippen LogP contribution in [0.25, 0.3) is 22.6 Å². The van der Waals surface area contributed by atoms with E-state index in [1.54, 1.807) is 11.2 Å². The highest BCUT2D eigenvalue weighted by molar-refractivity contribution is 5.80. The molecule has 1 N–H and O–H groups in total. The van der Waals surface area contributed by atoms with E-state index in [1.807, 2.05) is 30.3 Å². The Kier molecular flexibility index (Phi) is 4.56. The first-order valence-electron chi connectivity index (χ1n) is 9.45. The fraction of sp³-hybridized carbons (Fsp3) is 0.0870. The SMILES string of the molecule is C#Cc1ccc(-c2cc(CN3Cc4nc(-c5cccc(F)c5F)[nH]c4C=N3)on2)cc1. The topological polar surface area (TPSA) is 70.3 Å². The number of nitrogens with one attached hydrogen (secondary N) is 1. The predicted octanol–water partition coefficient (Wildman–Crippen LogP) is 4.34. The van der Waals surface area contributed by atoms with Crippen LogP contribution in [-0.2, 0) is 13.1 Å². The summed E-state index contributed by atoms with van der Waals surface area (Å²) in [7, 11) is 0. The average molecular weight is 415 g/mol. The van der Waals surface area contributed by atoms with E-state index in [9.17, 15) is 8.78 Å². The van der Waals surface area contributed by atoms with Gasteiger partial charge in [0.05, 0.1) is 36.3 Å². The highest BCUT2D eigenvalue weighted by atomic mass is 19.2. The van der Waals surface area contributed by atoms with Crippen molar-refractivity contribution < 1.29 is 13.3 Å². The molecule has 0 aliphatic carbocycles. The number of H-pyrrole nitrogens is 1. The Labute approximate surface area is 176 Å². The number of imidazole rings is 1. The first-order chi connectivity index (χ1) is 15.1. The standard InChI is InChI=1S/C23H15F2N5O/c1-2-14-6-8-15(9-7-14)19-10-16(31-29-19)12-30-13-21-20(11-26-30)27-23(28-21)17-4-3-5-18(24)22(17)25/h1,3-11H,12-13H2,(H,27,28). The number of rotatable bonds is 4. The molecule has 8 heteroatoms. The molecule has 4 aromatic rings. The molecular weight excluding hydrogens is 400 g/mol. The maximum atomic E-state index is 14.1. The molecule has 1 aliphatic heterocycles. The summed E-state index contributed by atoms with van der Waals surface area (Å²) in [5.41, 5.74) is 3.80. The molecule has 152 valence electrons. The summed E-state index contributed by atoms with van der Waals surface area (Å²) in [5.74, 6) is 1.60. The van der Waals surface area contributed by atoms with Crippen molar-refractivity contribution in [2.24, 2.45) is 5.10 Å². The number of hydrogen-bond acceptors (Lipinski definition) is 5. The van der Waals surface area contributed by atoms with E-state index in [-0.39, 0.29) is 11.4 Å². The molecule has 6 nitrogen and oxygen atoms in total. The molecule has 3 heterocycles. The highest BCUT2D eigenvalue weighted by Gasteiger charge is 2.21. The molecule has 2 aromatic heterocycles. The van der Waals surface area contributed by atoms with E-state index in [4.69, 9.17) is 10.9 Å². The fourth-order valence-corrected chi connectivity index (χ4v) is 3.35. The van der Waals surface area contributed by atoms with E-state index in [1.165, 1.54) is 12.1 Å². The molecule has 31 heavy (non-hydrogen) atoms. The van der Waals surface area contributed by atoms with Crippen LogP contribution in [0.2, 0.25) is 0 Å². The molecule has 0 fully saturated rings. The maximum absolute atomic E-state index is 14.1. The van der Waals surface area contributed by atoms with Gasteiger partial charge in [-0.05, 0) is 24.3 Å². The fourth-order valence-electron chi connectivity index (χ4n) is 3.35. The van der Waals surface area contributed by atoms with Gasteiger partial charge in [-0.15, -0.1) is 6.42 Å². The molecule has 0 radical (unpaired) electrons. The third-order valence-corrected chi connectivity index (χ3v) is 4.94. The highest BCUT2D eigenvalue weighted by Crippen LogP contribution is 2.26. The molecule has 5 rings (SSSR count). The first-order valence-corrected chi connectivity index (χ1v) is 9.45. The van der Waals surface area contributed by atoms with Crippen LogP contribution in [0.15, 0.2) is 58.2 Å². The van der Waals surface area contributed by atoms with Gasteiger partial charge in [0.15, 0.2) is 17.4 Å². The predicted molar refractivity (Wildman–Crippen MR) is 111 cm³/mol. The Morgan fingerprint density at radius 1 is 1.16 bits per heavy atom. The van der Waals surface area contributed by atoms with Crippen LogP contribution >= 0.6 is 0 Å². The Hall–Kier alpha value is -4.25. The number of aromatic nitrogens is 3. The Morgan fingerprint density at radius 2 is 2.00 bits per heavy atom. The largest absolute Gasteiger partial charge is 0.359 e. The zero-order valence-electron chi connectivity index (χ0n) is 16.1. The lowest BCUT2D eigenvalue weighted by molar-refractivity contribution is 0.229. The number of fused-ring (bicyclic) bond motifs is 1. The summed E-state index contributed by atoms with van der Waals surface area (Å²) in [5, 5.41) is 10.2. The van der Waals surface area contributed by atoms with Crippen LogP contribution in [0.1, 0.15) is 22.7 Å². The van der Waals surface area contributed by atoms with Gasteiger partial charge in [0, 0.05) is 17.2 Å². The smallest absolute Gasteiger partial charge is 0.169 e. The number of halogens is 2. The Balaban J connectivity index is 1.32. The van der Waals surface area contributed by atoms with Gasteiger partial charge in [-0.25, -0.2) is 13.8 Å². The van der Waals surface area contributed by atoms with Crippen molar-refractivity contribution in [3.05, 3.63) is 82.9 Å². The number of benzene rings is 2. The van der Waals surface area contributed by atoms with Gasteiger partial charge in [0.25, 0.3) is 0 Å². The van der Waals surface area contributed by atoms with Crippen molar-refractivity contribution in [2.75, 3.05) is 0 Å². The molecule has 0 saturated carbocycles. The number of nitrogens with zero attached hydrogens (tertiary/aromatic N) is 4. The minimum absolute atomic E-state index is 0.0741. The van der Waals surface area contributed by atoms with Crippen molar-refractivity contribution in [3.8, 4) is 35.0 Å².